The van der Waals surface area contributed by atoms with Gasteiger partial charge < -0.3 is 5.73 Å². The van der Waals surface area contributed by atoms with E-state index in [4.69, 9.17) is 18.0 Å². The highest BCUT2D eigenvalue weighted by molar-refractivity contribution is 7.92. The molecule has 5 nitrogen and oxygen atoms in total. The van der Waals surface area contributed by atoms with E-state index < -0.39 is 10.0 Å². The molecule has 0 saturated carbocycles. The standard InChI is InChI=1S/C14H15N3O2S2/c1-10-6-7-16-14(8-10)17-21(18,19)12-4-2-11(3-5-12)9-13(15)20/h2-8H,9H2,1H3,(H2,15,20)(H,16,17). The molecule has 110 valence electrons. The average Bonchev–Trinajstić information content (AvgIpc) is 2.38. The summed E-state index contributed by atoms with van der Waals surface area (Å²) in [6, 6.07) is 9.88. The van der Waals surface area contributed by atoms with Crippen LogP contribution in [0.2, 0.25) is 0 Å². The second-order valence-corrected chi connectivity index (χ2v) is 6.82. The molecule has 7 heteroatoms. The third-order valence-electron chi connectivity index (χ3n) is 2.77. The average molecular weight is 321 g/mol. The molecule has 0 unspecified atom stereocenters. The summed E-state index contributed by atoms with van der Waals surface area (Å²) in [7, 11) is -3.65. The largest absolute Gasteiger partial charge is 0.393 e. The van der Waals surface area contributed by atoms with E-state index in [2.05, 4.69) is 9.71 Å². The van der Waals surface area contributed by atoms with Crippen LogP contribution in [0.15, 0.2) is 47.5 Å². The lowest BCUT2D eigenvalue weighted by atomic mass is 10.1. The number of nitrogens with zero attached hydrogens (tertiary/aromatic N) is 1. The molecular formula is C14H15N3O2S2. The maximum Gasteiger partial charge on any atom is 0.263 e. The Kier molecular flexibility index (Phi) is 4.54. The molecule has 0 aliphatic rings. The van der Waals surface area contributed by atoms with Gasteiger partial charge in [-0.15, -0.1) is 0 Å². The minimum Gasteiger partial charge on any atom is -0.393 e. The van der Waals surface area contributed by atoms with Gasteiger partial charge in [0.05, 0.1) is 9.88 Å². The number of hydrogen-bond donors (Lipinski definition) is 2. The minimum atomic E-state index is -3.65. The molecule has 0 fully saturated rings. The van der Waals surface area contributed by atoms with Gasteiger partial charge in [0.2, 0.25) is 0 Å². The van der Waals surface area contributed by atoms with Crippen LogP contribution in [-0.2, 0) is 16.4 Å². The molecule has 2 aromatic rings. The van der Waals surface area contributed by atoms with Gasteiger partial charge in [-0.2, -0.15) is 0 Å². The molecule has 0 bridgehead atoms. The molecule has 0 atom stereocenters. The molecule has 1 aromatic heterocycles. The van der Waals surface area contributed by atoms with Crippen LogP contribution in [0, 0.1) is 6.92 Å². The van der Waals surface area contributed by atoms with Crippen molar-refractivity contribution in [2.75, 3.05) is 4.72 Å². The molecule has 0 saturated heterocycles. The molecule has 2 rings (SSSR count). The number of thiocarbonyl (C=S) groups is 1. The first-order valence-corrected chi connectivity index (χ1v) is 8.09. The summed E-state index contributed by atoms with van der Waals surface area (Å²) < 4.78 is 26.9. The van der Waals surface area contributed by atoms with Crippen LogP contribution in [0.5, 0.6) is 0 Å². The number of aryl methyl sites for hydroxylation is 1. The Hall–Kier alpha value is -1.99. The number of pyridine rings is 1. The van der Waals surface area contributed by atoms with Crippen LogP contribution in [0.25, 0.3) is 0 Å². The molecule has 1 aromatic carbocycles. The quantitative estimate of drug-likeness (QED) is 0.823. The normalized spacial score (nSPS) is 11.1. The Morgan fingerprint density at radius 2 is 1.95 bits per heavy atom. The van der Waals surface area contributed by atoms with Crippen molar-refractivity contribution in [3.8, 4) is 0 Å². The molecule has 0 aliphatic carbocycles. The van der Waals surface area contributed by atoms with Gasteiger partial charge in [-0.05, 0) is 42.3 Å². The van der Waals surface area contributed by atoms with Gasteiger partial charge in [-0.1, -0.05) is 24.4 Å². The predicted octanol–water partition coefficient (Wildman–Crippen LogP) is 2.02. The van der Waals surface area contributed by atoms with Crippen molar-refractivity contribution in [2.45, 2.75) is 18.2 Å². The van der Waals surface area contributed by atoms with E-state index in [1.807, 2.05) is 6.92 Å². The first-order chi connectivity index (χ1) is 9.87. The number of aromatic nitrogens is 1. The van der Waals surface area contributed by atoms with E-state index in [-0.39, 0.29) is 4.90 Å². The summed E-state index contributed by atoms with van der Waals surface area (Å²) >= 11 is 4.82. The number of nitrogens with two attached hydrogens (primary N) is 1. The lowest BCUT2D eigenvalue weighted by molar-refractivity contribution is 0.601. The van der Waals surface area contributed by atoms with Gasteiger partial charge in [0, 0.05) is 12.6 Å². The summed E-state index contributed by atoms with van der Waals surface area (Å²) in [5.41, 5.74) is 7.25. The summed E-state index contributed by atoms with van der Waals surface area (Å²) in [5.74, 6) is 0.294. The Morgan fingerprint density at radius 1 is 1.29 bits per heavy atom. The monoisotopic (exact) mass is 321 g/mol. The van der Waals surface area contributed by atoms with E-state index in [1.165, 1.54) is 12.1 Å². The first-order valence-electron chi connectivity index (χ1n) is 6.19. The smallest absolute Gasteiger partial charge is 0.263 e. The van der Waals surface area contributed by atoms with Crippen molar-refractivity contribution in [1.82, 2.24) is 4.98 Å². The zero-order valence-corrected chi connectivity index (χ0v) is 13.0. The fourth-order valence-corrected chi connectivity index (χ4v) is 2.94. The summed E-state index contributed by atoms with van der Waals surface area (Å²) in [6.45, 7) is 1.87. The lowest BCUT2D eigenvalue weighted by Gasteiger charge is -2.08. The summed E-state index contributed by atoms with van der Waals surface area (Å²) in [6.07, 6.45) is 2.00. The molecule has 0 amide bonds. The van der Waals surface area contributed by atoms with Crippen LogP contribution in [0.4, 0.5) is 5.82 Å². The molecule has 0 radical (unpaired) electrons. The highest BCUT2D eigenvalue weighted by Crippen LogP contribution is 2.16. The van der Waals surface area contributed by atoms with Gasteiger partial charge in [0.1, 0.15) is 5.82 Å². The Morgan fingerprint density at radius 3 is 2.52 bits per heavy atom. The van der Waals surface area contributed by atoms with Crippen LogP contribution >= 0.6 is 12.2 Å². The van der Waals surface area contributed by atoms with Crippen molar-refractivity contribution in [2.24, 2.45) is 5.73 Å². The van der Waals surface area contributed by atoms with Gasteiger partial charge >= 0.3 is 0 Å². The second kappa shape index (κ2) is 6.19. The van der Waals surface area contributed by atoms with E-state index in [0.717, 1.165) is 11.1 Å². The number of benzene rings is 1. The second-order valence-electron chi connectivity index (χ2n) is 4.61. The number of hydrogen-bond acceptors (Lipinski definition) is 4. The van der Waals surface area contributed by atoms with Crippen LogP contribution in [-0.4, -0.2) is 18.4 Å². The van der Waals surface area contributed by atoms with E-state index in [0.29, 0.717) is 17.2 Å². The zero-order valence-electron chi connectivity index (χ0n) is 11.4. The van der Waals surface area contributed by atoms with Gasteiger partial charge in [-0.25, -0.2) is 13.4 Å². The molecule has 3 N–H and O–H groups in total. The SMILES string of the molecule is Cc1ccnc(NS(=O)(=O)c2ccc(CC(N)=S)cc2)c1. The third-order valence-corrected chi connectivity index (χ3v) is 4.28. The maximum absolute atomic E-state index is 12.2. The number of sulfonamides is 1. The van der Waals surface area contributed by atoms with Crippen molar-refractivity contribution in [1.29, 1.82) is 0 Å². The van der Waals surface area contributed by atoms with Gasteiger partial charge in [0.15, 0.2) is 0 Å². The molecule has 21 heavy (non-hydrogen) atoms. The van der Waals surface area contributed by atoms with Crippen LogP contribution in [0.1, 0.15) is 11.1 Å². The summed E-state index contributed by atoms with van der Waals surface area (Å²) in [5, 5.41) is 0. The van der Waals surface area contributed by atoms with E-state index >= 15 is 0 Å². The van der Waals surface area contributed by atoms with Gasteiger partial charge in [0.25, 0.3) is 10.0 Å². The minimum absolute atomic E-state index is 0.164. The zero-order chi connectivity index (χ0) is 15.5. The Bertz CT molecular complexity index is 756. The third kappa shape index (κ3) is 4.24. The number of nitrogens with one attached hydrogen (secondary N) is 1. The fraction of sp³-hybridized carbons (Fsp3) is 0.143. The number of anilines is 1. The van der Waals surface area contributed by atoms with Crippen molar-refractivity contribution >= 4 is 33.0 Å². The predicted molar refractivity (Wildman–Crippen MR) is 86.7 cm³/mol. The molecule has 0 spiro atoms. The topological polar surface area (TPSA) is 85.1 Å². The van der Waals surface area contributed by atoms with Crippen molar-refractivity contribution in [3.05, 3.63) is 53.7 Å². The molecular weight excluding hydrogens is 306 g/mol. The van der Waals surface area contributed by atoms with E-state index in [1.54, 1.807) is 30.5 Å². The van der Waals surface area contributed by atoms with E-state index in [9.17, 15) is 8.42 Å². The Balaban J connectivity index is 2.21. The lowest BCUT2D eigenvalue weighted by Crippen LogP contribution is -2.14. The summed E-state index contributed by atoms with van der Waals surface area (Å²) in [4.78, 5) is 4.52. The van der Waals surface area contributed by atoms with Crippen molar-refractivity contribution < 1.29 is 8.42 Å². The maximum atomic E-state index is 12.2. The molecule has 0 aliphatic heterocycles. The van der Waals surface area contributed by atoms with Gasteiger partial charge in [-0.3, -0.25) is 4.72 Å². The van der Waals surface area contributed by atoms with Crippen LogP contribution in [0.3, 0.4) is 0 Å². The Labute approximate surface area is 129 Å². The molecule has 1 heterocycles. The highest BCUT2D eigenvalue weighted by atomic mass is 32.2. The van der Waals surface area contributed by atoms with Crippen LogP contribution < -0.4 is 10.5 Å². The fourth-order valence-electron chi connectivity index (χ4n) is 1.78. The first kappa shape index (κ1) is 15.4. The highest BCUT2D eigenvalue weighted by Gasteiger charge is 2.14. The number of rotatable bonds is 5. The van der Waals surface area contributed by atoms with Crippen molar-refractivity contribution in [3.63, 3.8) is 0 Å².